The van der Waals surface area contributed by atoms with Gasteiger partial charge in [0.15, 0.2) is 0 Å². The second kappa shape index (κ2) is 9.63. The Kier molecular flexibility index (Phi) is 7.72. The van der Waals surface area contributed by atoms with Gasteiger partial charge in [0.25, 0.3) is 0 Å². The quantitative estimate of drug-likeness (QED) is 0.259. The number of nitrogens with zero attached hydrogens (tertiary/aromatic N) is 2. The molecule has 0 atom stereocenters. The van der Waals surface area contributed by atoms with E-state index in [4.69, 9.17) is 4.74 Å². The maximum atomic E-state index is 11.9. The van der Waals surface area contributed by atoms with E-state index in [1.807, 2.05) is 0 Å². The van der Waals surface area contributed by atoms with Gasteiger partial charge in [-0.15, -0.1) is 17.0 Å². The van der Waals surface area contributed by atoms with Gasteiger partial charge in [-0.05, 0) is 60.4 Å². The van der Waals surface area contributed by atoms with Crippen LogP contribution in [-0.4, -0.2) is 45.5 Å². The summed E-state index contributed by atoms with van der Waals surface area (Å²) in [4.78, 5) is 53.0. The van der Waals surface area contributed by atoms with Crippen molar-refractivity contribution < 1.29 is 14.5 Å². The average Bonchev–Trinajstić information content (AvgIpc) is 2.64. The summed E-state index contributed by atoms with van der Waals surface area (Å²) >= 11 is 3.19. The minimum absolute atomic E-state index is 0. The molecule has 2 aromatic rings. The summed E-state index contributed by atoms with van der Waals surface area (Å²) in [5.41, 5.74) is -1.29. The van der Waals surface area contributed by atoms with Crippen LogP contribution in [0.15, 0.2) is 20.1 Å². The van der Waals surface area contributed by atoms with Gasteiger partial charge in [-0.25, -0.2) is 0 Å². The predicted octanol–water partition coefficient (Wildman–Crippen LogP) is 2.24. The second-order valence-corrected chi connectivity index (χ2v) is 7.44. The number of H-pyrrole nitrogens is 2. The van der Waals surface area contributed by atoms with Crippen molar-refractivity contribution in [2.24, 2.45) is 5.92 Å². The molecule has 12 heteroatoms. The molecule has 1 aliphatic rings. The molecule has 0 unspecified atom stereocenters. The Labute approximate surface area is 183 Å². The molecule has 10 nitrogen and oxygen atoms in total. The van der Waals surface area contributed by atoms with Crippen LogP contribution in [0.25, 0.3) is 11.0 Å². The van der Waals surface area contributed by atoms with Crippen molar-refractivity contribution in [2.75, 3.05) is 19.7 Å². The summed E-state index contributed by atoms with van der Waals surface area (Å²) < 4.78 is 5.28. The first kappa shape index (κ1) is 23.2. The van der Waals surface area contributed by atoms with Crippen LogP contribution >= 0.6 is 32.9 Å². The minimum atomic E-state index is -0.949. The predicted molar refractivity (Wildman–Crippen MR) is 114 cm³/mol. The van der Waals surface area contributed by atoms with Crippen LogP contribution in [0.5, 0.6) is 0 Å². The van der Waals surface area contributed by atoms with E-state index in [9.17, 15) is 24.5 Å². The summed E-state index contributed by atoms with van der Waals surface area (Å²) in [6, 6.07) is 1.58. The minimum Gasteiger partial charge on any atom is -0.466 e. The smallest absolute Gasteiger partial charge is 0.314 e. The largest absolute Gasteiger partial charge is 0.466 e. The lowest BCUT2D eigenvalue weighted by atomic mass is 9.96. The second-order valence-electron chi connectivity index (χ2n) is 6.58. The van der Waals surface area contributed by atoms with Crippen LogP contribution in [0.4, 0.5) is 5.69 Å². The van der Waals surface area contributed by atoms with Gasteiger partial charge in [0, 0.05) is 6.54 Å². The first-order chi connectivity index (χ1) is 13.3. The van der Waals surface area contributed by atoms with E-state index in [1.165, 1.54) is 0 Å². The molecule has 2 N–H and O–H groups in total. The Bertz CT molecular complexity index is 1040. The average molecular weight is 536 g/mol. The number of hydrogen-bond donors (Lipinski definition) is 2. The summed E-state index contributed by atoms with van der Waals surface area (Å²) in [6.45, 7) is 3.83. The van der Waals surface area contributed by atoms with Crippen LogP contribution in [0, 0.1) is 16.0 Å². The van der Waals surface area contributed by atoms with Crippen LogP contribution in [-0.2, 0) is 16.1 Å². The number of nitro groups is 1. The molecule has 158 valence electrons. The van der Waals surface area contributed by atoms with Crippen LogP contribution in [0.2, 0.25) is 0 Å². The van der Waals surface area contributed by atoms with Gasteiger partial charge in [0.2, 0.25) is 0 Å². The number of fused-ring (bicyclic) bond motifs is 1. The summed E-state index contributed by atoms with van der Waals surface area (Å²) in [5.74, 6) is -0.319. The zero-order valence-electron chi connectivity index (χ0n) is 15.5. The standard InChI is InChI=1S/C17H19BrN4O6.BrH/c1-2-28-17(25)9-3-5-21(6-4-9)8-10-7-11(18)14(22(26)27)13-12(10)19-15(23)16(24)20-13;/h7,9H,2-6,8H2,1H3,(H,19,23)(H,20,24);1H. The number of carbonyl (C=O) groups is 1. The third-order valence-corrected chi connectivity index (χ3v) is 5.41. The molecule has 0 spiro atoms. The van der Waals surface area contributed by atoms with Gasteiger partial charge < -0.3 is 14.7 Å². The number of carbonyl (C=O) groups excluding carboxylic acids is 1. The fourth-order valence-electron chi connectivity index (χ4n) is 3.43. The van der Waals surface area contributed by atoms with Crippen molar-refractivity contribution in [3.05, 3.63) is 46.9 Å². The van der Waals surface area contributed by atoms with Gasteiger partial charge in [0.1, 0.15) is 5.52 Å². The Morgan fingerprint density at radius 3 is 2.41 bits per heavy atom. The first-order valence-electron chi connectivity index (χ1n) is 8.82. The highest BCUT2D eigenvalue weighted by Crippen LogP contribution is 2.34. The van der Waals surface area contributed by atoms with Gasteiger partial charge in [-0.1, -0.05) is 0 Å². The summed E-state index contributed by atoms with van der Waals surface area (Å²) in [7, 11) is 0. The molecule has 29 heavy (non-hydrogen) atoms. The molecule has 1 saturated heterocycles. The fraction of sp³-hybridized carbons (Fsp3) is 0.471. The van der Waals surface area contributed by atoms with E-state index < -0.39 is 16.0 Å². The molecule has 0 radical (unpaired) electrons. The van der Waals surface area contributed by atoms with Crippen molar-refractivity contribution in [1.29, 1.82) is 0 Å². The number of likely N-dealkylation sites (tertiary alicyclic amines) is 1. The maximum Gasteiger partial charge on any atom is 0.314 e. The van der Waals surface area contributed by atoms with E-state index in [0.717, 1.165) is 0 Å². The SMILES string of the molecule is Br.CCOC(=O)C1CCN(Cc2cc(Br)c([N+](=O)[O-])c3[nH]c(=O)c(=O)[nH]c23)CC1. The molecule has 0 aliphatic carbocycles. The molecule has 2 heterocycles. The normalized spacial score (nSPS) is 15.1. The van der Waals surface area contributed by atoms with Crippen LogP contribution in [0.3, 0.4) is 0 Å². The van der Waals surface area contributed by atoms with Crippen molar-refractivity contribution in [3.8, 4) is 0 Å². The molecule has 0 amide bonds. The first-order valence-corrected chi connectivity index (χ1v) is 9.62. The highest BCUT2D eigenvalue weighted by molar-refractivity contribution is 9.10. The monoisotopic (exact) mass is 534 g/mol. The zero-order chi connectivity index (χ0) is 20.4. The number of nitrogens with one attached hydrogen (secondary N) is 2. The van der Waals surface area contributed by atoms with Crippen molar-refractivity contribution in [2.45, 2.75) is 26.3 Å². The molecule has 1 aliphatic heterocycles. The van der Waals surface area contributed by atoms with E-state index >= 15 is 0 Å². The summed E-state index contributed by atoms with van der Waals surface area (Å²) in [5, 5.41) is 11.4. The number of esters is 1. The lowest BCUT2D eigenvalue weighted by molar-refractivity contribution is -0.384. The lowest BCUT2D eigenvalue weighted by Crippen LogP contribution is -2.37. The molecular formula is C17H20Br2N4O6. The Hall–Kier alpha value is -2.05. The molecule has 1 fully saturated rings. The van der Waals surface area contributed by atoms with Crippen molar-refractivity contribution in [1.82, 2.24) is 14.9 Å². The number of aromatic nitrogens is 2. The third kappa shape index (κ3) is 4.93. The van der Waals surface area contributed by atoms with Gasteiger partial charge in [-0.2, -0.15) is 0 Å². The molecule has 0 saturated carbocycles. The number of halogens is 2. The highest BCUT2D eigenvalue weighted by Gasteiger charge is 2.28. The zero-order valence-corrected chi connectivity index (χ0v) is 18.8. The molecule has 0 bridgehead atoms. The van der Waals surface area contributed by atoms with Crippen molar-refractivity contribution in [3.63, 3.8) is 0 Å². The maximum absolute atomic E-state index is 11.9. The number of aromatic amines is 2. The summed E-state index contributed by atoms with van der Waals surface area (Å²) in [6.07, 6.45) is 1.30. The number of ether oxygens (including phenoxy) is 1. The Morgan fingerprint density at radius 1 is 1.28 bits per heavy atom. The topological polar surface area (TPSA) is 138 Å². The molecule has 1 aromatic carbocycles. The highest BCUT2D eigenvalue weighted by atomic mass is 79.9. The van der Waals surface area contributed by atoms with E-state index in [1.54, 1.807) is 13.0 Å². The van der Waals surface area contributed by atoms with Gasteiger partial charge >= 0.3 is 22.8 Å². The third-order valence-electron chi connectivity index (χ3n) is 4.80. The number of nitro benzene ring substituents is 1. The fourth-order valence-corrected chi connectivity index (χ4v) is 4.05. The Balaban J connectivity index is 0.00000300. The van der Waals surface area contributed by atoms with E-state index in [2.05, 4.69) is 30.8 Å². The molecular weight excluding hydrogens is 516 g/mol. The lowest BCUT2D eigenvalue weighted by Gasteiger charge is -2.31. The number of piperidine rings is 1. The van der Waals surface area contributed by atoms with E-state index in [0.29, 0.717) is 44.6 Å². The van der Waals surface area contributed by atoms with Gasteiger partial charge in [0.05, 0.1) is 27.4 Å². The van der Waals surface area contributed by atoms with Crippen molar-refractivity contribution >= 4 is 55.6 Å². The van der Waals surface area contributed by atoms with Crippen LogP contribution < -0.4 is 11.1 Å². The Morgan fingerprint density at radius 2 is 1.86 bits per heavy atom. The number of rotatable bonds is 5. The molecule has 1 aromatic heterocycles. The number of hydrogen-bond acceptors (Lipinski definition) is 7. The van der Waals surface area contributed by atoms with Gasteiger partial charge in [-0.3, -0.25) is 29.4 Å². The van der Waals surface area contributed by atoms with Crippen LogP contribution in [0.1, 0.15) is 25.3 Å². The van der Waals surface area contributed by atoms with E-state index in [-0.39, 0.29) is 50.1 Å². The molecule has 3 rings (SSSR count). The number of benzene rings is 1.